The van der Waals surface area contributed by atoms with Gasteiger partial charge in [0.25, 0.3) is 0 Å². The Balaban J connectivity index is 1.60. The molecule has 0 bridgehead atoms. The van der Waals surface area contributed by atoms with E-state index in [1.807, 2.05) is 0 Å². The maximum Gasteiger partial charge on any atom is 0.0456 e. The first-order valence-corrected chi connectivity index (χ1v) is 7.75. The molecule has 0 radical (unpaired) electrons. The number of nitrogens with one attached hydrogen (secondary N) is 1. The number of hydrogen-bond acceptors (Lipinski definition) is 2. The van der Waals surface area contributed by atoms with E-state index in [0.29, 0.717) is 0 Å². The van der Waals surface area contributed by atoms with Crippen LogP contribution < -0.4 is 5.73 Å². The summed E-state index contributed by atoms with van der Waals surface area (Å²) in [5, 5.41) is 1.32. The Labute approximate surface area is 121 Å². The lowest BCUT2D eigenvalue weighted by molar-refractivity contribution is 0.182. The van der Waals surface area contributed by atoms with Crippen LogP contribution in [0.2, 0.25) is 0 Å². The summed E-state index contributed by atoms with van der Waals surface area (Å²) in [4.78, 5) is 5.86. The lowest BCUT2D eigenvalue weighted by atomic mass is 9.98. The van der Waals surface area contributed by atoms with Crippen LogP contribution in [-0.4, -0.2) is 35.6 Å². The minimum atomic E-state index is 0.225. The van der Waals surface area contributed by atoms with E-state index >= 15 is 0 Å². The van der Waals surface area contributed by atoms with Crippen molar-refractivity contribution in [1.29, 1.82) is 0 Å². The van der Waals surface area contributed by atoms with Gasteiger partial charge in [-0.1, -0.05) is 25.1 Å². The van der Waals surface area contributed by atoms with Crippen LogP contribution >= 0.6 is 0 Å². The van der Waals surface area contributed by atoms with E-state index in [2.05, 4.69) is 47.3 Å². The van der Waals surface area contributed by atoms with Gasteiger partial charge in [-0.05, 0) is 49.9 Å². The Morgan fingerprint density at radius 2 is 2.05 bits per heavy atom. The predicted octanol–water partition coefficient (Wildman–Crippen LogP) is 2.77. The van der Waals surface area contributed by atoms with Crippen molar-refractivity contribution in [2.75, 3.05) is 19.6 Å². The number of aromatic nitrogens is 1. The third-order valence-electron chi connectivity index (χ3n) is 4.53. The van der Waals surface area contributed by atoms with Gasteiger partial charge in [0.05, 0.1) is 0 Å². The largest absolute Gasteiger partial charge is 0.361 e. The normalized spacial score (nSPS) is 19.5. The second kappa shape index (κ2) is 5.98. The zero-order valence-corrected chi connectivity index (χ0v) is 12.3. The summed E-state index contributed by atoms with van der Waals surface area (Å²) in [5.74, 6) is 0.885. The fraction of sp³-hybridized carbons (Fsp3) is 0.529. The van der Waals surface area contributed by atoms with E-state index in [1.165, 1.54) is 42.4 Å². The molecule has 1 aromatic carbocycles. The van der Waals surface area contributed by atoms with Crippen LogP contribution in [0.15, 0.2) is 30.5 Å². The SMILES string of the molecule is CC1CCN(C[C@@H](N)Cc2c[nH]c3ccccc23)CC1. The minimum Gasteiger partial charge on any atom is -0.361 e. The number of benzene rings is 1. The molecule has 108 valence electrons. The number of para-hydroxylation sites is 1. The molecule has 0 spiro atoms. The Bertz CT molecular complexity index is 552. The number of likely N-dealkylation sites (tertiary alicyclic amines) is 1. The van der Waals surface area contributed by atoms with E-state index in [1.54, 1.807) is 0 Å². The van der Waals surface area contributed by atoms with Crippen LogP contribution in [0.4, 0.5) is 0 Å². The van der Waals surface area contributed by atoms with Crippen LogP contribution in [0.25, 0.3) is 10.9 Å². The van der Waals surface area contributed by atoms with Gasteiger partial charge < -0.3 is 15.6 Å². The van der Waals surface area contributed by atoms with E-state index < -0.39 is 0 Å². The van der Waals surface area contributed by atoms with E-state index in [4.69, 9.17) is 5.73 Å². The highest BCUT2D eigenvalue weighted by atomic mass is 15.1. The van der Waals surface area contributed by atoms with Gasteiger partial charge in [-0.3, -0.25) is 0 Å². The molecule has 1 atom stereocenters. The summed E-state index contributed by atoms with van der Waals surface area (Å²) < 4.78 is 0. The Hall–Kier alpha value is -1.32. The fourth-order valence-electron chi connectivity index (χ4n) is 3.22. The summed E-state index contributed by atoms with van der Waals surface area (Å²) in [7, 11) is 0. The number of nitrogens with two attached hydrogens (primary N) is 1. The maximum absolute atomic E-state index is 6.37. The van der Waals surface area contributed by atoms with E-state index in [0.717, 1.165) is 18.9 Å². The van der Waals surface area contributed by atoms with Crippen molar-refractivity contribution < 1.29 is 0 Å². The minimum absolute atomic E-state index is 0.225. The second-order valence-corrected chi connectivity index (χ2v) is 6.31. The summed E-state index contributed by atoms with van der Waals surface area (Å²) >= 11 is 0. The zero-order chi connectivity index (χ0) is 13.9. The number of nitrogens with zero attached hydrogens (tertiary/aromatic N) is 1. The number of rotatable bonds is 4. The van der Waals surface area contributed by atoms with Crippen LogP contribution in [0.5, 0.6) is 0 Å². The molecule has 0 aliphatic carbocycles. The lowest BCUT2D eigenvalue weighted by Gasteiger charge is -2.32. The van der Waals surface area contributed by atoms with E-state index in [-0.39, 0.29) is 6.04 Å². The molecule has 3 N–H and O–H groups in total. The Kier molecular flexibility index (Phi) is 4.08. The molecule has 1 aliphatic heterocycles. The molecule has 20 heavy (non-hydrogen) atoms. The molecule has 3 rings (SSSR count). The average Bonchev–Trinajstić information content (AvgIpc) is 2.85. The van der Waals surface area contributed by atoms with Crippen molar-refractivity contribution >= 4 is 10.9 Å². The van der Waals surface area contributed by atoms with Crippen LogP contribution in [-0.2, 0) is 6.42 Å². The molecule has 0 unspecified atom stereocenters. The highest BCUT2D eigenvalue weighted by Gasteiger charge is 2.18. The third kappa shape index (κ3) is 3.05. The predicted molar refractivity (Wildman–Crippen MR) is 84.8 cm³/mol. The average molecular weight is 271 g/mol. The molecular formula is C17H25N3. The van der Waals surface area contributed by atoms with Gasteiger partial charge >= 0.3 is 0 Å². The molecule has 1 aromatic heterocycles. The van der Waals surface area contributed by atoms with E-state index in [9.17, 15) is 0 Å². The first-order valence-electron chi connectivity index (χ1n) is 7.75. The maximum atomic E-state index is 6.37. The standard InChI is InChI=1S/C17H25N3/c1-13-6-8-20(9-7-13)12-15(18)10-14-11-19-17-5-3-2-4-16(14)17/h2-5,11,13,15,19H,6-10,12,18H2,1H3/t15-/m0/s1. The van der Waals surface area contributed by atoms with Crippen molar-refractivity contribution in [3.8, 4) is 0 Å². The Morgan fingerprint density at radius 1 is 1.30 bits per heavy atom. The zero-order valence-electron chi connectivity index (χ0n) is 12.3. The smallest absolute Gasteiger partial charge is 0.0456 e. The van der Waals surface area contributed by atoms with Gasteiger partial charge in [0.15, 0.2) is 0 Å². The van der Waals surface area contributed by atoms with Gasteiger partial charge in [0.1, 0.15) is 0 Å². The number of H-pyrrole nitrogens is 1. The van der Waals surface area contributed by atoms with Crippen LogP contribution in [0.1, 0.15) is 25.3 Å². The van der Waals surface area contributed by atoms with Crippen molar-refractivity contribution in [2.45, 2.75) is 32.2 Å². The number of aromatic amines is 1. The lowest BCUT2D eigenvalue weighted by Crippen LogP contribution is -2.42. The molecule has 1 saturated heterocycles. The molecule has 1 aliphatic rings. The van der Waals surface area contributed by atoms with Crippen molar-refractivity contribution in [1.82, 2.24) is 9.88 Å². The molecule has 2 heterocycles. The number of hydrogen-bond donors (Lipinski definition) is 2. The summed E-state index contributed by atoms with van der Waals surface area (Å²) in [5.41, 5.74) is 8.92. The summed E-state index contributed by atoms with van der Waals surface area (Å²) in [6, 6.07) is 8.68. The molecule has 3 nitrogen and oxygen atoms in total. The van der Waals surface area contributed by atoms with Crippen LogP contribution in [0, 0.1) is 5.92 Å². The quantitative estimate of drug-likeness (QED) is 0.898. The first-order chi connectivity index (χ1) is 9.72. The summed E-state index contributed by atoms with van der Waals surface area (Å²) in [6.07, 6.45) is 5.71. The molecule has 0 amide bonds. The van der Waals surface area contributed by atoms with Gasteiger partial charge in [-0.2, -0.15) is 0 Å². The van der Waals surface area contributed by atoms with Gasteiger partial charge in [0.2, 0.25) is 0 Å². The van der Waals surface area contributed by atoms with Gasteiger partial charge in [-0.15, -0.1) is 0 Å². The Morgan fingerprint density at radius 3 is 2.85 bits per heavy atom. The molecule has 1 fully saturated rings. The van der Waals surface area contributed by atoms with Crippen LogP contribution in [0.3, 0.4) is 0 Å². The highest BCUT2D eigenvalue weighted by molar-refractivity contribution is 5.83. The first kappa shape index (κ1) is 13.7. The van der Waals surface area contributed by atoms with Crippen molar-refractivity contribution in [2.24, 2.45) is 11.7 Å². The van der Waals surface area contributed by atoms with Gasteiger partial charge in [-0.25, -0.2) is 0 Å². The van der Waals surface area contributed by atoms with Gasteiger partial charge in [0, 0.05) is 29.7 Å². The fourth-order valence-corrected chi connectivity index (χ4v) is 3.22. The number of fused-ring (bicyclic) bond motifs is 1. The molecule has 2 aromatic rings. The molecule has 0 saturated carbocycles. The topological polar surface area (TPSA) is 45.0 Å². The second-order valence-electron chi connectivity index (χ2n) is 6.31. The molecule has 3 heteroatoms. The number of piperidine rings is 1. The highest BCUT2D eigenvalue weighted by Crippen LogP contribution is 2.20. The summed E-state index contributed by atoms with van der Waals surface area (Å²) in [6.45, 7) is 5.79. The monoisotopic (exact) mass is 271 g/mol. The third-order valence-corrected chi connectivity index (χ3v) is 4.53. The molecular weight excluding hydrogens is 246 g/mol. The van der Waals surface area contributed by atoms with Crippen molar-refractivity contribution in [3.63, 3.8) is 0 Å². The van der Waals surface area contributed by atoms with Crippen molar-refractivity contribution in [3.05, 3.63) is 36.0 Å².